The number of nitrogens with one attached hydrogen (secondary N) is 1. The van der Waals surface area contributed by atoms with E-state index in [1.807, 2.05) is 37.6 Å². The molecule has 0 aliphatic carbocycles. The summed E-state index contributed by atoms with van der Waals surface area (Å²) in [6, 6.07) is 2.09. The first-order valence-corrected chi connectivity index (χ1v) is 7.42. The first kappa shape index (κ1) is 14.0. The van der Waals surface area contributed by atoms with Crippen LogP contribution in [0.5, 0.6) is 0 Å². The average Bonchev–Trinajstić information content (AvgIpc) is 3.02. The number of likely N-dealkylation sites (tertiary alicyclic amines) is 1. The van der Waals surface area contributed by atoms with Crippen molar-refractivity contribution in [2.45, 2.75) is 25.3 Å². The van der Waals surface area contributed by atoms with Gasteiger partial charge in [0, 0.05) is 63.0 Å². The summed E-state index contributed by atoms with van der Waals surface area (Å²) in [5, 5.41) is 7.17. The van der Waals surface area contributed by atoms with Gasteiger partial charge in [-0.05, 0) is 25.5 Å². The zero-order chi connectivity index (χ0) is 14.7. The summed E-state index contributed by atoms with van der Waals surface area (Å²) in [6.07, 6.45) is 8.15. The number of hydrogen-bond acceptors (Lipinski definition) is 5. The largest absolute Gasteiger partial charge is 0.347 e. The molecule has 0 amide bonds. The van der Waals surface area contributed by atoms with Crippen molar-refractivity contribution < 1.29 is 0 Å². The van der Waals surface area contributed by atoms with Gasteiger partial charge in [0.25, 0.3) is 0 Å². The Kier molecular flexibility index (Phi) is 4.15. The first-order valence-electron chi connectivity index (χ1n) is 7.42. The topological polar surface area (TPSA) is 60.9 Å². The normalized spacial score (nSPS) is 19.6. The Labute approximate surface area is 125 Å². The van der Waals surface area contributed by atoms with Crippen LogP contribution in [0.2, 0.25) is 0 Å². The van der Waals surface area contributed by atoms with E-state index < -0.39 is 0 Å². The van der Waals surface area contributed by atoms with Gasteiger partial charge in [-0.2, -0.15) is 5.10 Å². The van der Waals surface area contributed by atoms with Crippen molar-refractivity contribution in [2.75, 3.05) is 32.1 Å². The fraction of sp³-hybridized carbons (Fsp3) is 0.533. The summed E-state index contributed by atoms with van der Waals surface area (Å²) in [7, 11) is 3.91. The summed E-state index contributed by atoms with van der Waals surface area (Å²) >= 11 is 0. The smallest absolute Gasteiger partial charge is 0.224 e. The molecule has 0 aromatic carbocycles. The van der Waals surface area contributed by atoms with Crippen molar-refractivity contribution in [3.63, 3.8) is 0 Å². The lowest BCUT2D eigenvalue weighted by atomic mass is 9.95. The van der Waals surface area contributed by atoms with Crippen LogP contribution in [0.4, 0.5) is 5.95 Å². The zero-order valence-electron chi connectivity index (χ0n) is 12.7. The van der Waals surface area contributed by atoms with Crippen molar-refractivity contribution >= 4 is 5.95 Å². The first-order chi connectivity index (χ1) is 10.2. The van der Waals surface area contributed by atoms with Crippen LogP contribution in [0.3, 0.4) is 0 Å². The Balaban J connectivity index is 1.62. The summed E-state index contributed by atoms with van der Waals surface area (Å²) in [4.78, 5) is 13.2. The second-order valence-corrected chi connectivity index (χ2v) is 5.87. The van der Waals surface area contributed by atoms with Gasteiger partial charge in [0.1, 0.15) is 0 Å². The highest BCUT2D eigenvalue weighted by Gasteiger charge is 2.22. The Hall–Kier alpha value is -1.95. The monoisotopic (exact) mass is 286 g/mol. The third-order valence-corrected chi connectivity index (χ3v) is 3.97. The van der Waals surface area contributed by atoms with Gasteiger partial charge in [-0.15, -0.1) is 0 Å². The van der Waals surface area contributed by atoms with E-state index in [4.69, 9.17) is 0 Å². The van der Waals surface area contributed by atoms with Crippen molar-refractivity contribution in [1.82, 2.24) is 25.1 Å². The minimum Gasteiger partial charge on any atom is -0.347 e. The average molecular weight is 286 g/mol. The van der Waals surface area contributed by atoms with E-state index in [9.17, 15) is 0 Å². The molecule has 21 heavy (non-hydrogen) atoms. The molecule has 0 radical (unpaired) electrons. The number of H-pyrrole nitrogens is 1. The van der Waals surface area contributed by atoms with Gasteiger partial charge in [-0.3, -0.25) is 10.00 Å². The van der Waals surface area contributed by atoms with Crippen molar-refractivity contribution in [3.05, 3.63) is 35.9 Å². The molecular weight excluding hydrogens is 264 g/mol. The molecule has 1 saturated heterocycles. The number of rotatable bonds is 4. The Morgan fingerprint density at radius 3 is 2.81 bits per heavy atom. The predicted molar refractivity (Wildman–Crippen MR) is 82.2 cm³/mol. The second-order valence-electron chi connectivity index (χ2n) is 5.87. The molecule has 3 rings (SSSR count). The molecule has 1 aliphatic heterocycles. The van der Waals surface area contributed by atoms with E-state index in [2.05, 4.69) is 31.1 Å². The van der Waals surface area contributed by atoms with Crippen LogP contribution in [0.1, 0.15) is 30.0 Å². The lowest BCUT2D eigenvalue weighted by Crippen LogP contribution is -2.34. The predicted octanol–water partition coefficient (Wildman–Crippen LogP) is 1.65. The molecule has 0 unspecified atom stereocenters. The molecule has 3 heterocycles. The third-order valence-electron chi connectivity index (χ3n) is 3.97. The minimum absolute atomic E-state index is 0.559. The summed E-state index contributed by atoms with van der Waals surface area (Å²) in [5.74, 6) is 1.32. The maximum Gasteiger partial charge on any atom is 0.224 e. The van der Waals surface area contributed by atoms with Crippen LogP contribution < -0.4 is 4.90 Å². The maximum absolute atomic E-state index is 4.38. The molecule has 6 heteroatoms. The van der Waals surface area contributed by atoms with Gasteiger partial charge >= 0.3 is 0 Å². The standard InChI is InChI=1S/C15H22N6/c1-20(2)15-16-8-12(9-17-15)10-21-7-3-4-13(11-21)14-5-6-18-19-14/h5-6,8-9,13H,3-4,7,10-11H2,1-2H3,(H,18,19)/t13-/m1/s1. The molecule has 2 aromatic rings. The number of nitrogens with zero attached hydrogens (tertiary/aromatic N) is 5. The van der Waals surface area contributed by atoms with E-state index in [-0.39, 0.29) is 0 Å². The van der Waals surface area contributed by atoms with Gasteiger partial charge in [0.2, 0.25) is 5.95 Å². The van der Waals surface area contributed by atoms with E-state index in [1.54, 1.807) is 0 Å². The van der Waals surface area contributed by atoms with E-state index in [1.165, 1.54) is 24.1 Å². The van der Waals surface area contributed by atoms with Crippen molar-refractivity contribution in [3.8, 4) is 0 Å². The second kappa shape index (κ2) is 6.22. The molecular formula is C15H22N6. The highest BCUT2D eigenvalue weighted by atomic mass is 15.2. The Morgan fingerprint density at radius 2 is 2.14 bits per heavy atom. The number of aromatic amines is 1. The molecule has 2 aromatic heterocycles. The van der Waals surface area contributed by atoms with Gasteiger partial charge in [0.15, 0.2) is 0 Å². The molecule has 1 N–H and O–H groups in total. The van der Waals surface area contributed by atoms with E-state index >= 15 is 0 Å². The Morgan fingerprint density at radius 1 is 1.33 bits per heavy atom. The molecule has 0 saturated carbocycles. The van der Waals surface area contributed by atoms with Crippen LogP contribution in [0.15, 0.2) is 24.7 Å². The van der Waals surface area contributed by atoms with Crippen LogP contribution in [0, 0.1) is 0 Å². The third kappa shape index (κ3) is 3.39. The number of anilines is 1. The number of aromatic nitrogens is 4. The van der Waals surface area contributed by atoms with E-state index in [0.717, 1.165) is 25.6 Å². The van der Waals surface area contributed by atoms with Gasteiger partial charge in [-0.25, -0.2) is 9.97 Å². The van der Waals surface area contributed by atoms with Crippen molar-refractivity contribution in [2.24, 2.45) is 0 Å². The van der Waals surface area contributed by atoms with Gasteiger partial charge in [-0.1, -0.05) is 0 Å². The molecule has 6 nitrogen and oxygen atoms in total. The van der Waals surface area contributed by atoms with Crippen molar-refractivity contribution in [1.29, 1.82) is 0 Å². The zero-order valence-corrected chi connectivity index (χ0v) is 12.7. The minimum atomic E-state index is 0.559. The Bertz CT molecular complexity index is 548. The van der Waals surface area contributed by atoms with Crippen LogP contribution >= 0.6 is 0 Å². The fourth-order valence-electron chi connectivity index (χ4n) is 2.87. The highest BCUT2D eigenvalue weighted by Crippen LogP contribution is 2.26. The lowest BCUT2D eigenvalue weighted by Gasteiger charge is -2.32. The summed E-state index contributed by atoms with van der Waals surface area (Å²) < 4.78 is 0. The van der Waals surface area contributed by atoms with Gasteiger partial charge < -0.3 is 4.90 Å². The molecule has 1 aliphatic rings. The maximum atomic E-state index is 4.38. The van der Waals surface area contributed by atoms with E-state index in [0.29, 0.717) is 5.92 Å². The molecule has 0 spiro atoms. The van der Waals surface area contributed by atoms with Crippen LogP contribution in [-0.2, 0) is 6.54 Å². The molecule has 0 bridgehead atoms. The molecule has 1 atom stereocenters. The summed E-state index contributed by atoms with van der Waals surface area (Å²) in [6.45, 7) is 3.12. The SMILES string of the molecule is CN(C)c1ncc(CN2CCC[C@@H](c3ccn[nH]3)C2)cn1. The highest BCUT2D eigenvalue weighted by molar-refractivity contribution is 5.26. The summed E-state index contributed by atoms with van der Waals surface area (Å²) in [5.41, 5.74) is 2.42. The molecule has 112 valence electrons. The molecule has 1 fully saturated rings. The quantitative estimate of drug-likeness (QED) is 0.926. The number of hydrogen-bond donors (Lipinski definition) is 1. The number of piperidine rings is 1. The van der Waals surface area contributed by atoms with Crippen LogP contribution in [0.25, 0.3) is 0 Å². The fourth-order valence-corrected chi connectivity index (χ4v) is 2.87. The van der Waals surface area contributed by atoms with Gasteiger partial charge in [0.05, 0.1) is 0 Å². The van der Waals surface area contributed by atoms with Crippen LogP contribution in [-0.4, -0.2) is 52.3 Å². The lowest BCUT2D eigenvalue weighted by molar-refractivity contribution is 0.198.